The van der Waals surface area contributed by atoms with Crippen molar-refractivity contribution in [1.82, 2.24) is 9.88 Å². The van der Waals surface area contributed by atoms with E-state index >= 15 is 0 Å². The molecule has 0 bridgehead atoms. The van der Waals surface area contributed by atoms with E-state index in [9.17, 15) is 5.11 Å². The summed E-state index contributed by atoms with van der Waals surface area (Å²) in [5, 5.41) is 13.4. The van der Waals surface area contributed by atoms with Crippen LogP contribution in [0.1, 0.15) is 31.2 Å². The molecule has 1 aromatic rings. The van der Waals surface area contributed by atoms with Crippen LogP contribution in [0, 0.1) is 0 Å². The van der Waals surface area contributed by atoms with E-state index < -0.39 is 5.60 Å². The zero-order chi connectivity index (χ0) is 13.0. The van der Waals surface area contributed by atoms with E-state index in [-0.39, 0.29) is 0 Å². The van der Waals surface area contributed by atoms with Crippen molar-refractivity contribution in [2.45, 2.75) is 37.8 Å². The van der Waals surface area contributed by atoms with Crippen LogP contribution in [0.5, 0.6) is 0 Å². The standard InChI is InChI=1S/C14H23N3O/c1-15-13-9-12(5-8-16-13)10-17(2)11-14(18)6-3-4-7-14/h5,8-9,18H,3-4,6-7,10-11H2,1-2H3,(H,15,16). The second-order valence-corrected chi connectivity index (χ2v) is 5.40. The molecule has 0 saturated heterocycles. The van der Waals surface area contributed by atoms with Gasteiger partial charge in [0.05, 0.1) is 5.60 Å². The van der Waals surface area contributed by atoms with Gasteiger partial charge in [0.2, 0.25) is 0 Å². The van der Waals surface area contributed by atoms with Gasteiger partial charge < -0.3 is 10.4 Å². The van der Waals surface area contributed by atoms with Crippen molar-refractivity contribution in [1.29, 1.82) is 0 Å². The van der Waals surface area contributed by atoms with E-state index in [1.54, 1.807) is 0 Å². The molecule has 4 nitrogen and oxygen atoms in total. The van der Waals surface area contributed by atoms with Crippen LogP contribution in [0.3, 0.4) is 0 Å². The van der Waals surface area contributed by atoms with Gasteiger partial charge >= 0.3 is 0 Å². The molecule has 1 heterocycles. The van der Waals surface area contributed by atoms with Gasteiger partial charge in [0, 0.05) is 26.3 Å². The summed E-state index contributed by atoms with van der Waals surface area (Å²) in [7, 11) is 3.94. The molecule has 0 unspecified atom stereocenters. The van der Waals surface area contributed by atoms with E-state index in [0.29, 0.717) is 0 Å². The van der Waals surface area contributed by atoms with Crippen molar-refractivity contribution < 1.29 is 5.11 Å². The Morgan fingerprint density at radius 3 is 2.83 bits per heavy atom. The molecule has 1 aliphatic rings. The Morgan fingerprint density at radius 1 is 1.44 bits per heavy atom. The molecule has 1 aliphatic carbocycles. The molecule has 18 heavy (non-hydrogen) atoms. The number of aliphatic hydroxyl groups is 1. The second kappa shape index (κ2) is 5.67. The summed E-state index contributed by atoms with van der Waals surface area (Å²) >= 11 is 0. The predicted octanol–water partition coefficient (Wildman–Crippen LogP) is 1.86. The normalized spacial score (nSPS) is 18.2. The fraction of sp³-hybridized carbons (Fsp3) is 0.643. The summed E-state index contributed by atoms with van der Waals surface area (Å²) in [4.78, 5) is 6.40. The van der Waals surface area contributed by atoms with Gasteiger partial charge in [-0.1, -0.05) is 12.8 Å². The minimum atomic E-state index is -0.465. The van der Waals surface area contributed by atoms with Gasteiger partial charge in [0.15, 0.2) is 0 Å². The molecule has 0 spiro atoms. The van der Waals surface area contributed by atoms with Crippen molar-refractivity contribution in [2.24, 2.45) is 0 Å². The maximum absolute atomic E-state index is 10.4. The lowest BCUT2D eigenvalue weighted by molar-refractivity contribution is 0.0145. The van der Waals surface area contributed by atoms with E-state index in [0.717, 1.165) is 44.6 Å². The third kappa shape index (κ3) is 3.43. The first-order chi connectivity index (χ1) is 8.61. The molecule has 1 aromatic heterocycles. The van der Waals surface area contributed by atoms with Crippen LogP contribution in [-0.4, -0.2) is 41.2 Å². The number of hydrogen-bond donors (Lipinski definition) is 2. The summed E-state index contributed by atoms with van der Waals surface area (Å²) < 4.78 is 0. The fourth-order valence-electron chi connectivity index (χ4n) is 2.77. The summed E-state index contributed by atoms with van der Waals surface area (Å²) in [5.41, 5.74) is 0.756. The average Bonchev–Trinajstić information content (AvgIpc) is 2.75. The summed E-state index contributed by atoms with van der Waals surface area (Å²) in [6.07, 6.45) is 6.01. The minimum absolute atomic E-state index is 0.465. The van der Waals surface area contributed by atoms with Crippen molar-refractivity contribution in [3.05, 3.63) is 23.9 Å². The highest BCUT2D eigenvalue weighted by Crippen LogP contribution is 2.30. The van der Waals surface area contributed by atoms with Crippen molar-refractivity contribution >= 4 is 5.82 Å². The van der Waals surface area contributed by atoms with Crippen LogP contribution >= 0.6 is 0 Å². The first-order valence-electron chi connectivity index (χ1n) is 6.65. The molecular weight excluding hydrogens is 226 g/mol. The van der Waals surface area contributed by atoms with Crippen molar-refractivity contribution in [3.63, 3.8) is 0 Å². The molecule has 0 aromatic carbocycles. The molecule has 2 rings (SSSR count). The molecule has 1 fully saturated rings. The highest BCUT2D eigenvalue weighted by atomic mass is 16.3. The highest BCUT2D eigenvalue weighted by Gasteiger charge is 2.31. The molecule has 0 radical (unpaired) electrons. The average molecular weight is 249 g/mol. The van der Waals surface area contributed by atoms with Crippen LogP contribution in [0.25, 0.3) is 0 Å². The fourth-order valence-corrected chi connectivity index (χ4v) is 2.77. The third-order valence-corrected chi connectivity index (χ3v) is 3.63. The smallest absolute Gasteiger partial charge is 0.125 e. The number of nitrogens with one attached hydrogen (secondary N) is 1. The van der Waals surface area contributed by atoms with Gasteiger partial charge in [-0.2, -0.15) is 0 Å². The van der Waals surface area contributed by atoms with Gasteiger partial charge in [0.25, 0.3) is 0 Å². The molecule has 100 valence electrons. The Balaban J connectivity index is 1.91. The van der Waals surface area contributed by atoms with Crippen LogP contribution in [0.4, 0.5) is 5.82 Å². The SMILES string of the molecule is CNc1cc(CN(C)CC2(O)CCCC2)ccn1. The molecule has 2 N–H and O–H groups in total. The molecule has 0 aliphatic heterocycles. The molecule has 1 saturated carbocycles. The summed E-state index contributed by atoms with van der Waals surface area (Å²) in [6, 6.07) is 4.07. The molecular formula is C14H23N3O. The lowest BCUT2D eigenvalue weighted by atomic mass is 10.0. The number of pyridine rings is 1. The number of aromatic nitrogens is 1. The van der Waals surface area contributed by atoms with Gasteiger partial charge in [-0.05, 0) is 37.6 Å². The Labute approximate surface area is 109 Å². The monoisotopic (exact) mass is 249 g/mol. The van der Waals surface area contributed by atoms with E-state index in [1.807, 2.05) is 19.3 Å². The molecule has 4 heteroatoms. The van der Waals surface area contributed by atoms with E-state index in [4.69, 9.17) is 0 Å². The topological polar surface area (TPSA) is 48.4 Å². The summed E-state index contributed by atoms with van der Waals surface area (Å²) in [6.45, 7) is 1.60. The van der Waals surface area contributed by atoms with Gasteiger partial charge in [-0.15, -0.1) is 0 Å². The number of nitrogens with zero attached hydrogens (tertiary/aromatic N) is 2. The predicted molar refractivity (Wildman–Crippen MR) is 73.5 cm³/mol. The molecule has 0 amide bonds. The van der Waals surface area contributed by atoms with Crippen molar-refractivity contribution in [2.75, 3.05) is 26.0 Å². The van der Waals surface area contributed by atoms with Crippen LogP contribution in [0.2, 0.25) is 0 Å². The Hall–Kier alpha value is -1.13. The maximum Gasteiger partial charge on any atom is 0.125 e. The highest BCUT2D eigenvalue weighted by molar-refractivity contribution is 5.36. The lowest BCUT2D eigenvalue weighted by Gasteiger charge is -2.28. The number of rotatable bonds is 5. The first-order valence-corrected chi connectivity index (χ1v) is 6.65. The van der Waals surface area contributed by atoms with Gasteiger partial charge in [-0.25, -0.2) is 4.98 Å². The lowest BCUT2D eigenvalue weighted by Crippen LogP contribution is -2.38. The second-order valence-electron chi connectivity index (χ2n) is 5.40. The van der Waals surface area contributed by atoms with E-state index in [1.165, 1.54) is 5.56 Å². The quantitative estimate of drug-likeness (QED) is 0.836. The summed E-state index contributed by atoms with van der Waals surface area (Å²) in [5.74, 6) is 0.889. The molecule has 0 atom stereocenters. The van der Waals surface area contributed by atoms with Crippen LogP contribution in [-0.2, 0) is 6.54 Å². The first kappa shape index (κ1) is 13.3. The number of likely N-dealkylation sites (N-methyl/N-ethyl adjacent to an activating group) is 1. The van der Waals surface area contributed by atoms with Crippen molar-refractivity contribution in [3.8, 4) is 0 Å². The van der Waals surface area contributed by atoms with Gasteiger partial charge in [-0.3, -0.25) is 4.90 Å². The minimum Gasteiger partial charge on any atom is -0.389 e. The Bertz CT molecular complexity index is 388. The van der Waals surface area contributed by atoms with Crippen LogP contribution in [0.15, 0.2) is 18.3 Å². The number of hydrogen-bond acceptors (Lipinski definition) is 4. The largest absolute Gasteiger partial charge is 0.389 e. The zero-order valence-electron chi connectivity index (χ0n) is 11.3. The zero-order valence-corrected chi connectivity index (χ0v) is 11.3. The Morgan fingerprint density at radius 2 is 2.17 bits per heavy atom. The third-order valence-electron chi connectivity index (χ3n) is 3.63. The van der Waals surface area contributed by atoms with Gasteiger partial charge in [0.1, 0.15) is 5.82 Å². The number of anilines is 1. The van der Waals surface area contributed by atoms with Crippen LogP contribution < -0.4 is 5.32 Å². The Kier molecular flexibility index (Phi) is 4.19. The van der Waals surface area contributed by atoms with E-state index in [2.05, 4.69) is 28.3 Å². The maximum atomic E-state index is 10.4.